The maximum absolute atomic E-state index is 11.7. The van der Waals surface area contributed by atoms with Gasteiger partial charge in [-0.3, -0.25) is 0 Å². The average molecular weight is 445 g/mol. The molecule has 0 aliphatic heterocycles. The Bertz CT molecular complexity index is 404. The van der Waals surface area contributed by atoms with E-state index in [0.717, 1.165) is 12.8 Å². The summed E-state index contributed by atoms with van der Waals surface area (Å²) in [6.45, 7) is 5.77. The van der Waals surface area contributed by atoms with E-state index in [0.29, 0.717) is 12.5 Å². The first-order chi connectivity index (χ1) is 14.6. The molecule has 0 aromatic carbocycles. The first-order valence-electron chi connectivity index (χ1n) is 12.1. The Morgan fingerprint density at radius 2 is 1.20 bits per heavy atom. The maximum Gasteiger partial charge on any atom is 0.500 e. The lowest BCUT2D eigenvalue weighted by Crippen LogP contribution is -2.43. The molecule has 0 heterocycles. The molecule has 0 saturated heterocycles. The van der Waals surface area contributed by atoms with Crippen molar-refractivity contribution in [1.82, 2.24) is 0 Å². The van der Waals surface area contributed by atoms with Crippen LogP contribution >= 0.6 is 0 Å². The molecule has 0 N–H and O–H groups in total. The zero-order chi connectivity index (χ0) is 22.5. The molecule has 5 nitrogen and oxygen atoms in total. The van der Waals surface area contributed by atoms with E-state index in [1.54, 1.807) is 21.3 Å². The molecule has 0 radical (unpaired) electrons. The van der Waals surface area contributed by atoms with Crippen LogP contribution in [0.15, 0.2) is 12.7 Å². The molecule has 1 unspecified atom stereocenters. The van der Waals surface area contributed by atoms with E-state index in [9.17, 15) is 4.79 Å². The van der Waals surface area contributed by atoms with Crippen LogP contribution in [0.1, 0.15) is 103 Å². The highest BCUT2D eigenvalue weighted by Gasteiger charge is 2.38. The van der Waals surface area contributed by atoms with Crippen molar-refractivity contribution in [1.29, 1.82) is 0 Å². The molecular formula is C24H48O5Si. The summed E-state index contributed by atoms with van der Waals surface area (Å²) < 4.78 is 22.0. The van der Waals surface area contributed by atoms with Gasteiger partial charge in [-0.2, -0.15) is 0 Å². The smallest absolute Gasteiger partial charge is 0.459 e. The molecule has 0 rings (SSSR count). The van der Waals surface area contributed by atoms with Crippen molar-refractivity contribution in [3.8, 4) is 0 Å². The molecular weight excluding hydrogens is 396 g/mol. The summed E-state index contributed by atoms with van der Waals surface area (Å²) in [4.78, 5) is 11.7. The molecule has 178 valence electrons. The van der Waals surface area contributed by atoms with Crippen LogP contribution in [0.3, 0.4) is 0 Å². The van der Waals surface area contributed by atoms with Crippen LogP contribution in [0.25, 0.3) is 0 Å². The zero-order valence-corrected chi connectivity index (χ0v) is 21.2. The van der Waals surface area contributed by atoms with Gasteiger partial charge < -0.3 is 18.0 Å². The van der Waals surface area contributed by atoms with Gasteiger partial charge in [-0.15, -0.1) is 0 Å². The number of carbonyl (C=O) groups excluding carboxylic acids is 1. The Morgan fingerprint density at radius 3 is 1.60 bits per heavy atom. The summed E-state index contributed by atoms with van der Waals surface area (Å²) >= 11 is 0. The highest BCUT2D eigenvalue weighted by molar-refractivity contribution is 6.60. The Kier molecular flexibility index (Phi) is 19.8. The predicted molar refractivity (Wildman–Crippen MR) is 127 cm³/mol. The molecule has 0 aliphatic carbocycles. The minimum atomic E-state index is -2.64. The van der Waals surface area contributed by atoms with Crippen molar-refractivity contribution in [3.05, 3.63) is 12.7 Å². The second-order valence-corrected chi connectivity index (χ2v) is 11.2. The van der Waals surface area contributed by atoms with Crippen LogP contribution in [0.2, 0.25) is 6.04 Å². The van der Waals surface area contributed by atoms with Gasteiger partial charge >= 0.3 is 14.8 Å². The number of carbonyl (C=O) groups is 1. The van der Waals surface area contributed by atoms with Crippen molar-refractivity contribution >= 4 is 14.8 Å². The number of ether oxygens (including phenoxy) is 1. The Morgan fingerprint density at radius 1 is 0.767 bits per heavy atom. The van der Waals surface area contributed by atoms with Gasteiger partial charge in [-0.05, 0) is 19.3 Å². The van der Waals surface area contributed by atoms with E-state index in [1.807, 2.05) is 0 Å². The third-order valence-electron chi connectivity index (χ3n) is 5.78. The lowest BCUT2D eigenvalue weighted by molar-refractivity contribution is -0.143. The first kappa shape index (κ1) is 29.3. The van der Waals surface area contributed by atoms with Crippen LogP contribution in [-0.4, -0.2) is 42.2 Å². The van der Waals surface area contributed by atoms with Crippen molar-refractivity contribution in [3.63, 3.8) is 0 Å². The summed E-state index contributed by atoms with van der Waals surface area (Å²) in [6, 6.07) is 0.629. The molecule has 0 aromatic rings. The number of hydrogen-bond acceptors (Lipinski definition) is 5. The third-order valence-corrected chi connectivity index (χ3v) is 8.55. The molecule has 1 atom stereocenters. The molecule has 0 aliphatic rings. The SMILES string of the molecule is C=CC(=O)OC(CCCCCCCCCCCCCCC)CC[Si](OC)(OC)OC. The maximum atomic E-state index is 11.7. The monoisotopic (exact) mass is 444 g/mol. The number of unbranched alkanes of at least 4 members (excludes halogenated alkanes) is 12. The van der Waals surface area contributed by atoms with Gasteiger partial charge in [-0.25, -0.2) is 4.79 Å². The molecule has 0 aromatic heterocycles. The fourth-order valence-corrected chi connectivity index (χ4v) is 5.55. The molecule has 0 amide bonds. The summed E-state index contributed by atoms with van der Waals surface area (Å²) in [7, 11) is 2.18. The molecule has 0 saturated carbocycles. The number of rotatable bonds is 22. The minimum Gasteiger partial charge on any atom is -0.459 e. The molecule has 0 bridgehead atoms. The molecule has 30 heavy (non-hydrogen) atoms. The lowest BCUT2D eigenvalue weighted by atomic mass is 10.0. The Balaban J connectivity index is 3.92. The first-order valence-corrected chi connectivity index (χ1v) is 14.0. The Labute approximate surface area is 187 Å². The standard InChI is InChI=1S/C24H48O5Si/c1-6-8-9-10-11-12-13-14-15-16-17-18-19-20-23(29-24(25)7-2)21-22-30(26-3,27-4)28-5/h7,23H,2,6,8-22H2,1,3-5H3. The van der Waals surface area contributed by atoms with E-state index >= 15 is 0 Å². The predicted octanol–water partition coefficient (Wildman–Crippen LogP) is 6.83. The number of hydrogen-bond donors (Lipinski definition) is 0. The van der Waals surface area contributed by atoms with Crippen LogP contribution in [0.5, 0.6) is 0 Å². The quantitative estimate of drug-likeness (QED) is 0.0792. The summed E-state index contributed by atoms with van der Waals surface area (Å²) in [5, 5.41) is 0. The second kappa shape index (κ2) is 20.2. The van der Waals surface area contributed by atoms with Crippen LogP contribution in [-0.2, 0) is 22.8 Å². The van der Waals surface area contributed by atoms with Crippen LogP contribution in [0, 0.1) is 0 Å². The highest BCUT2D eigenvalue weighted by atomic mass is 28.4. The van der Waals surface area contributed by atoms with E-state index in [-0.39, 0.29) is 12.1 Å². The van der Waals surface area contributed by atoms with Gasteiger partial charge in [0.2, 0.25) is 0 Å². The van der Waals surface area contributed by atoms with E-state index in [1.165, 1.54) is 83.1 Å². The summed E-state index contributed by atoms with van der Waals surface area (Å²) in [6.07, 6.45) is 19.9. The summed E-state index contributed by atoms with van der Waals surface area (Å²) in [5.74, 6) is -0.366. The third kappa shape index (κ3) is 15.2. The topological polar surface area (TPSA) is 54.0 Å². The van der Waals surface area contributed by atoms with Gasteiger partial charge in [0, 0.05) is 33.4 Å². The van der Waals surface area contributed by atoms with Gasteiger partial charge in [-0.1, -0.05) is 90.6 Å². The Hall–Kier alpha value is -0.693. The van der Waals surface area contributed by atoms with Crippen molar-refractivity contribution in [2.45, 2.75) is 115 Å². The van der Waals surface area contributed by atoms with Crippen molar-refractivity contribution in [2.24, 2.45) is 0 Å². The van der Waals surface area contributed by atoms with E-state index in [4.69, 9.17) is 18.0 Å². The second-order valence-electron chi connectivity index (χ2n) is 8.13. The normalized spacial score (nSPS) is 12.7. The number of esters is 1. The highest BCUT2D eigenvalue weighted by Crippen LogP contribution is 2.21. The van der Waals surface area contributed by atoms with Gasteiger partial charge in [0.05, 0.1) is 0 Å². The molecule has 0 fully saturated rings. The van der Waals surface area contributed by atoms with Crippen LogP contribution in [0.4, 0.5) is 0 Å². The van der Waals surface area contributed by atoms with E-state index < -0.39 is 8.80 Å². The van der Waals surface area contributed by atoms with E-state index in [2.05, 4.69) is 13.5 Å². The summed E-state index contributed by atoms with van der Waals surface area (Å²) in [5.41, 5.74) is 0. The molecule has 0 spiro atoms. The van der Waals surface area contributed by atoms with Crippen molar-refractivity contribution < 1.29 is 22.8 Å². The largest absolute Gasteiger partial charge is 0.500 e. The minimum absolute atomic E-state index is 0.143. The zero-order valence-electron chi connectivity index (χ0n) is 20.2. The fraction of sp³-hybridized carbons (Fsp3) is 0.875. The fourth-order valence-electron chi connectivity index (χ4n) is 3.76. The lowest BCUT2D eigenvalue weighted by Gasteiger charge is -2.26. The average Bonchev–Trinajstić information content (AvgIpc) is 2.77. The van der Waals surface area contributed by atoms with Gasteiger partial charge in [0.25, 0.3) is 0 Å². The van der Waals surface area contributed by atoms with Crippen molar-refractivity contribution in [2.75, 3.05) is 21.3 Å². The van der Waals surface area contributed by atoms with Gasteiger partial charge in [0.15, 0.2) is 0 Å². The van der Waals surface area contributed by atoms with Gasteiger partial charge in [0.1, 0.15) is 6.10 Å². The molecule has 6 heteroatoms. The van der Waals surface area contributed by atoms with Crippen LogP contribution < -0.4 is 0 Å².